The second-order valence-electron chi connectivity index (χ2n) is 5.37. The van der Waals surface area contributed by atoms with Gasteiger partial charge in [-0.1, -0.05) is 0 Å². The minimum atomic E-state index is -0.591. The highest BCUT2D eigenvalue weighted by Crippen LogP contribution is 2.29. The molecule has 0 bridgehead atoms. The Morgan fingerprint density at radius 3 is 2.96 bits per heavy atom. The van der Waals surface area contributed by atoms with E-state index in [1.165, 1.54) is 18.3 Å². The average Bonchev–Trinajstić information content (AvgIpc) is 2.96. The third-order valence-electron chi connectivity index (χ3n) is 3.64. The number of rotatable bonds is 4. The molecule has 0 saturated carbocycles. The molecule has 23 heavy (non-hydrogen) atoms. The summed E-state index contributed by atoms with van der Waals surface area (Å²) >= 11 is 5.96. The molecule has 1 aliphatic carbocycles. The lowest BCUT2D eigenvalue weighted by Gasteiger charge is -2.20. The number of aryl methyl sites for hydroxylation is 1. The van der Waals surface area contributed by atoms with Crippen LogP contribution in [0.5, 0.6) is 0 Å². The SMILES string of the molecule is CN(CC(=O)Nc1ccc(F)nc1)c1nc(Cl)nc2c1CCC2. The maximum atomic E-state index is 12.8. The summed E-state index contributed by atoms with van der Waals surface area (Å²) in [6, 6.07) is 2.65. The van der Waals surface area contributed by atoms with E-state index in [1.54, 1.807) is 11.9 Å². The smallest absolute Gasteiger partial charge is 0.243 e. The molecule has 0 radical (unpaired) electrons. The van der Waals surface area contributed by atoms with E-state index in [2.05, 4.69) is 20.3 Å². The first-order valence-electron chi connectivity index (χ1n) is 7.21. The van der Waals surface area contributed by atoms with Crippen molar-refractivity contribution in [1.29, 1.82) is 0 Å². The number of hydrogen-bond donors (Lipinski definition) is 1. The van der Waals surface area contributed by atoms with E-state index in [1.807, 2.05) is 0 Å². The summed E-state index contributed by atoms with van der Waals surface area (Å²) in [5.74, 6) is -0.154. The first kappa shape index (κ1) is 15.6. The van der Waals surface area contributed by atoms with Gasteiger partial charge in [0.2, 0.25) is 17.1 Å². The van der Waals surface area contributed by atoms with E-state index < -0.39 is 5.95 Å². The quantitative estimate of drug-likeness (QED) is 0.685. The highest BCUT2D eigenvalue weighted by molar-refractivity contribution is 6.28. The summed E-state index contributed by atoms with van der Waals surface area (Å²) < 4.78 is 12.8. The predicted molar refractivity (Wildman–Crippen MR) is 85.2 cm³/mol. The number of nitrogens with zero attached hydrogens (tertiary/aromatic N) is 4. The molecule has 6 nitrogen and oxygen atoms in total. The lowest BCUT2D eigenvalue weighted by atomic mass is 10.2. The van der Waals surface area contributed by atoms with Gasteiger partial charge in [-0.05, 0) is 43.0 Å². The van der Waals surface area contributed by atoms with Crippen molar-refractivity contribution in [3.63, 3.8) is 0 Å². The molecule has 0 atom stereocenters. The Kier molecular flexibility index (Phi) is 4.38. The van der Waals surface area contributed by atoms with Crippen LogP contribution < -0.4 is 10.2 Å². The highest BCUT2D eigenvalue weighted by atomic mass is 35.5. The fourth-order valence-corrected chi connectivity index (χ4v) is 2.82. The number of halogens is 2. The number of hydrogen-bond acceptors (Lipinski definition) is 5. The normalized spacial score (nSPS) is 12.8. The number of fused-ring (bicyclic) bond motifs is 1. The Morgan fingerprint density at radius 1 is 1.39 bits per heavy atom. The van der Waals surface area contributed by atoms with Crippen LogP contribution in [-0.2, 0) is 17.6 Å². The van der Waals surface area contributed by atoms with E-state index >= 15 is 0 Å². The van der Waals surface area contributed by atoms with Crippen LogP contribution in [-0.4, -0.2) is 34.5 Å². The first-order chi connectivity index (χ1) is 11.0. The molecular weight excluding hydrogens is 321 g/mol. The molecule has 8 heteroatoms. The van der Waals surface area contributed by atoms with Crippen LogP contribution in [0.4, 0.5) is 15.9 Å². The van der Waals surface area contributed by atoms with Gasteiger partial charge in [0.25, 0.3) is 0 Å². The van der Waals surface area contributed by atoms with Crippen molar-refractivity contribution in [2.75, 3.05) is 23.8 Å². The Bertz CT molecular complexity index is 737. The molecule has 1 N–H and O–H groups in total. The summed E-state index contributed by atoms with van der Waals surface area (Å²) in [5.41, 5.74) is 2.44. The lowest BCUT2D eigenvalue weighted by Crippen LogP contribution is -2.31. The minimum Gasteiger partial charge on any atom is -0.350 e. The van der Waals surface area contributed by atoms with Gasteiger partial charge in [0, 0.05) is 12.6 Å². The van der Waals surface area contributed by atoms with Gasteiger partial charge >= 0.3 is 0 Å². The van der Waals surface area contributed by atoms with Crippen molar-refractivity contribution in [2.24, 2.45) is 0 Å². The van der Waals surface area contributed by atoms with Gasteiger partial charge in [-0.25, -0.2) is 15.0 Å². The number of carbonyl (C=O) groups excluding carboxylic acids is 1. The molecule has 0 fully saturated rings. The zero-order valence-corrected chi connectivity index (χ0v) is 13.3. The molecular formula is C15H15ClFN5O. The number of amides is 1. The number of nitrogens with one attached hydrogen (secondary N) is 1. The molecule has 2 aromatic rings. The van der Waals surface area contributed by atoms with Crippen LogP contribution in [0.25, 0.3) is 0 Å². The predicted octanol–water partition coefficient (Wildman–Crippen LogP) is 2.23. The fourth-order valence-electron chi connectivity index (χ4n) is 2.64. The van der Waals surface area contributed by atoms with Gasteiger partial charge in [-0.15, -0.1) is 0 Å². The van der Waals surface area contributed by atoms with Gasteiger partial charge < -0.3 is 10.2 Å². The first-order valence-corrected chi connectivity index (χ1v) is 7.58. The number of carbonyl (C=O) groups is 1. The second-order valence-corrected chi connectivity index (χ2v) is 5.71. The third kappa shape index (κ3) is 3.56. The van der Waals surface area contributed by atoms with E-state index in [9.17, 15) is 9.18 Å². The van der Waals surface area contributed by atoms with Crippen molar-refractivity contribution in [3.05, 3.63) is 40.8 Å². The highest BCUT2D eigenvalue weighted by Gasteiger charge is 2.22. The molecule has 2 heterocycles. The topological polar surface area (TPSA) is 71.0 Å². The Labute approximate surface area is 137 Å². The third-order valence-corrected chi connectivity index (χ3v) is 3.81. The fraction of sp³-hybridized carbons (Fsp3) is 0.333. The summed E-state index contributed by atoms with van der Waals surface area (Å²) in [4.78, 5) is 25.8. The summed E-state index contributed by atoms with van der Waals surface area (Å²) in [5, 5.41) is 2.86. The number of likely N-dealkylation sites (N-methyl/N-ethyl adjacent to an activating group) is 1. The zero-order valence-electron chi connectivity index (χ0n) is 12.5. The Balaban J connectivity index is 1.70. The van der Waals surface area contributed by atoms with Crippen molar-refractivity contribution < 1.29 is 9.18 Å². The van der Waals surface area contributed by atoms with Gasteiger partial charge in [-0.3, -0.25) is 4.79 Å². The standard InChI is InChI=1S/C15H15ClFN5O/c1-22(8-13(23)19-9-5-6-12(17)18-7-9)14-10-3-2-4-11(10)20-15(16)21-14/h5-7H,2-4,8H2,1H3,(H,19,23). The van der Waals surface area contributed by atoms with E-state index in [0.717, 1.165) is 30.5 Å². The average molecular weight is 336 g/mol. The molecule has 0 unspecified atom stereocenters. The van der Waals surface area contributed by atoms with E-state index in [0.29, 0.717) is 11.5 Å². The van der Waals surface area contributed by atoms with Crippen LogP contribution in [0.1, 0.15) is 17.7 Å². The van der Waals surface area contributed by atoms with Gasteiger partial charge in [-0.2, -0.15) is 4.39 Å². The van der Waals surface area contributed by atoms with Crippen LogP contribution in [0.3, 0.4) is 0 Å². The summed E-state index contributed by atoms with van der Waals surface area (Å²) in [6.45, 7) is 0.0944. The monoisotopic (exact) mass is 335 g/mol. The Morgan fingerprint density at radius 2 is 2.22 bits per heavy atom. The number of anilines is 2. The van der Waals surface area contributed by atoms with Gasteiger partial charge in [0.1, 0.15) is 5.82 Å². The van der Waals surface area contributed by atoms with Crippen LogP contribution >= 0.6 is 11.6 Å². The van der Waals surface area contributed by atoms with Gasteiger partial charge in [0.15, 0.2) is 0 Å². The Hall–Kier alpha value is -2.28. The summed E-state index contributed by atoms with van der Waals surface area (Å²) in [6.07, 6.45) is 4.05. The number of aromatic nitrogens is 3. The number of pyridine rings is 1. The molecule has 0 aliphatic heterocycles. The second kappa shape index (κ2) is 6.45. The molecule has 2 aromatic heterocycles. The van der Waals surface area contributed by atoms with E-state index in [4.69, 9.17) is 11.6 Å². The van der Waals surface area contributed by atoms with Crippen molar-refractivity contribution >= 4 is 29.0 Å². The maximum absolute atomic E-state index is 12.8. The summed E-state index contributed by atoms with van der Waals surface area (Å²) in [7, 11) is 1.78. The lowest BCUT2D eigenvalue weighted by molar-refractivity contribution is -0.114. The molecule has 3 rings (SSSR count). The van der Waals surface area contributed by atoms with Crippen LogP contribution in [0.15, 0.2) is 18.3 Å². The van der Waals surface area contributed by atoms with E-state index in [-0.39, 0.29) is 17.7 Å². The molecule has 0 spiro atoms. The van der Waals surface area contributed by atoms with Crippen LogP contribution in [0.2, 0.25) is 5.28 Å². The molecule has 1 amide bonds. The molecule has 120 valence electrons. The van der Waals surface area contributed by atoms with Crippen LogP contribution in [0, 0.1) is 5.95 Å². The molecule has 0 aromatic carbocycles. The van der Waals surface area contributed by atoms with Crippen molar-refractivity contribution in [2.45, 2.75) is 19.3 Å². The molecule has 1 aliphatic rings. The zero-order chi connectivity index (χ0) is 16.4. The van der Waals surface area contributed by atoms with Crippen molar-refractivity contribution in [3.8, 4) is 0 Å². The molecule has 0 saturated heterocycles. The maximum Gasteiger partial charge on any atom is 0.243 e. The van der Waals surface area contributed by atoms with Gasteiger partial charge in [0.05, 0.1) is 24.1 Å². The minimum absolute atomic E-state index is 0.0944. The van der Waals surface area contributed by atoms with Crippen molar-refractivity contribution in [1.82, 2.24) is 15.0 Å². The largest absolute Gasteiger partial charge is 0.350 e.